The second-order valence-corrected chi connectivity index (χ2v) is 3.09. The van der Waals surface area contributed by atoms with Gasteiger partial charge in [-0.05, 0) is 18.2 Å². The Morgan fingerprint density at radius 2 is 2.14 bits per heavy atom. The van der Waals surface area contributed by atoms with E-state index < -0.39 is 6.23 Å². The molecule has 0 fully saturated rings. The summed E-state index contributed by atoms with van der Waals surface area (Å²) in [7, 11) is 0. The lowest BCUT2D eigenvalue weighted by Crippen LogP contribution is -2.28. The van der Waals surface area contributed by atoms with E-state index in [1.165, 1.54) is 0 Å². The highest BCUT2D eigenvalue weighted by Crippen LogP contribution is 2.16. The molecule has 3 N–H and O–H groups in total. The Balaban J connectivity index is 2.24. The number of fused-ring (bicyclic) bond motifs is 1. The van der Waals surface area contributed by atoms with Crippen molar-refractivity contribution in [2.75, 3.05) is 6.61 Å². The molecule has 4 nitrogen and oxygen atoms in total. The molecule has 2 rings (SSSR count). The second-order valence-electron chi connectivity index (χ2n) is 3.09. The number of nitrogens with one attached hydrogen (secondary N) is 1. The van der Waals surface area contributed by atoms with Crippen LogP contribution in [0.2, 0.25) is 0 Å². The van der Waals surface area contributed by atoms with Crippen LogP contribution in [-0.4, -0.2) is 32.9 Å². The number of hydrogen-bond donors (Lipinski definition) is 3. The maximum Gasteiger partial charge on any atom is 0.153 e. The predicted molar refractivity (Wildman–Crippen MR) is 53.8 cm³/mol. The molecule has 0 spiro atoms. The minimum Gasteiger partial charge on any atom is -0.392 e. The molecule has 1 unspecified atom stereocenters. The summed E-state index contributed by atoms with van der Waals surface area (Å²) in [4.78, 5) is 4.62. The van der Waals surface area contributed by atoms with Crippen molar-refractivity contribution < 1.29 is 10.2 Å². The van der Waals surface area contributed by atoms with E-state index in [9.17, 15) is 5.11 Å². The Morgan fingerprint density at radius 3 is 2.93 bits per heavy atom. The number of hydrogen-bond acceptors (Lipinski definition) is 3. The molecule has 74 valence electrons. The van der Waals surface area contributed by atoms with Gasteiger partial charge in [-0.3, -0.25) is 0 Å². The Kier molecular flexibility index (Phi) is 2.39. The lowest BCUT2D eigenvalue weighted by Gasteiger charge is -2.19. The van der Waals surface area contributed by atoms with E-state index in [4.69, 9.17) is 5.11 Å². The van der Waals surface area contributed by atoms with Gasteiger partial charge in [0, 0.05) is 29.9 Å². The van der Waals surface area contributed by atoms with Crippen LogP contribution in [0.15, 0.2) is 24.7 Å². The van der Waals surface area contributed by atoms with Gasteiger partial charge < -0.3 is 20.1 Å². The molecule has 4 heteroatoms. The molecule has 1 aliphatic rings. The summed E-state index contributed by atoms with van der Waals surface area (Å²) in [6, 6.07) is 1.95. The van der Waals surface area contributed by atoms with Crippen LogP contribution in [0.5, 0.6) is 0 Å². The van der Waals surface area contributed by atoms with Crippen molar-refractivity contribution in [2.24, 2.45) is 0 Å². The van der Waals surface area contributed by atoms with Gasteiger partial charge in [0.1, 0.15) is 0 Å². The number of nitrogens with zero attached hydrogens (tertiary/aromatic N) is 1. The number of aliphatic hydroxyl groups is 2. The summed E-state index contributed by atoms with van der Waals surface area (Å²) >= 11 is 0. The van der Waals surface area contributed by atoms with Crippen LogP contribution < -0.4 is 0 Å². The molecule has 1 atom stereocenters. The highest BCUT2D eigenvalue weighted by Gasteiger charge is 2.09. The normalized spacial score (nSPS) is 16.6. The molecule has 1 aromatic heterocycles. The fraction of sp³-hybridized carbons (Fsp3) is 0.200. The second kappa shape index (κ2) is 3.69. The van der Waals surface area contributed by atoms with Crippen LogP contribution >= 0.6 is 0 Å². The quantitative estimate of drug-likeness (QED) is 0.642. The van der Waals surface area contributed by atoms with Crippen molar-refractivity contribution in [2.45, 2.75) is 6.23 Å². The van der Waals surface area contributed by atoms with Crippen molar-refractivity contribution in [3.05, 3.63) is 35.9 Å². The van der Waals surface area contributed by atoms with E-state index in [0.717, 1.165) is 11.3 Å². The lowest BCUT2D eigenvalue weighted by atomic mass is 10.2. The first kappa shape index (κ1) is 9.05. The number of H-pyrrole nitrogens is 1. The van der Waals surface area contributed by atoms with Crippen molar-refractivity contribution >= 4 is 12.2 Å². The van der Waals surface area contributed by atoms with Gasteiger partial charge in [-0.2, -0.15) is 0 Å². The molecule has 0 amide bonds. The number of aliphatic hydroxyl groups excluding tert-OH is 2. The van der Waals surface area contributed by atoms with Gasteiger partial charge in [0.05, 0.1) is 6.61 Å². The predicted octanol–water partition coefficient (Wildman–Crippen LogP) is 0.582. The van der Waals surface area contributed by atoms with E-state index in [1.807, 2.05) is 24.4 Å². The minimum atomic E-state index is -0.883. The van der Waals surface area contributed by atoms with E-state index in [2.05, 4.69) is 4.98 Å². The summed E-state index contributed by atoms with van der Waals surface area (Å²) in [6.07, 6.45) is 8.17. The van der Waals surface area contributed by atoms with Crippen molar-refractivity contribution in [3.8, 4) is 0 Å². The summed E-state index contributed by atoms with van der Waals surface area (Å²) in [5, 5.41) is 18.2. The van der Waals surface area contributed by atoms with Crippen LogP contribution in [0.4, 0.5) is 0 Å². The summed E-state index contributed by atoms with van der Waals surface area (Å²) < 4.78 is 0. The third kappa shape index (κ3) is 1.57. The average molecular weight is 192 g/mol. The van der Waals surface area contributed by atoms with Gasteiger partial charge >= 0.3 is 0 Å². The smallest absolute Gasteiger partial charge is 0.153 e. The summed E-state index contributed by atoms with van der Waals surface area (Å²) in [5.41, 5.74) is 2.06. The van der Waals surface area contributed by atoms with Crippen LogP contribution in [0.25, 0.3) is 12.2 Å². The van der Waals surface area contributed by atoms with Crippen molar-refractivity contribution in [3.63, 3.8) is 0 Å². The fourth-order valence-electron chi connectivity index (χ4n) is 1.35. The molecule has 0 saturated carbocycles. The zero-order valence-corrected chi connectivity index (χ0v) is 7.59. The summed E-state index contributed by atoms with van der Waals surface area (Å²) in [5.74, 6) is 0. The SMILES string of the molecule is OCC(O)N1C=Cc2cc[nH]c2C=C1. The van der Waals surface area contributed by atoms with Gasteiger partial charge in [0.2, 0.25) is 0 Å². The number of aromatic nitrogens is 1. The largest absolute Gasteiger partial charge is 0.392 e. The maximum absolute atomic E-state index is 9.39. The molecular formula is C10H12N2O2. The molecule has 0 radical (unpaired) electrons. The molecule has 0 aliphatic carbocycles. The van der Waals surface area contributed by atoms with Gasteiger partial charge in [0.25, 0.3) is 0 Å². The zero-order chi connectivity index (χ0) is 9.97. The van der Waals surface area contributed by atoms with Crippen LogP contribution in [-0.2, 0) is 0 Å². The van der Waals surface area contributed by atoms with Crippen LogP contribution in [0, 0.1) is 0 Å². The molecule has 1 aliphatic heterocycles. The topological polar surface area (TPSA) is 59.5 Å². The molecular weight excluding hydrogens is 180 g/mol. The van der Waals surface area contributed by atoms with E-state index in [1.54, 1.807) is 17.3 Å². The minimum absolute atomic E-state index is 0.289. The van der Waals surface area contributed by atoms with Crippen LogP contribution in [0.1, 0.15) is 11.3 Å². The Labute approximate surface area is 81.8 Å². The van der Waals surface area contributed by atoms with E-state index in [0.29, 0.717) is 0 Å². The first-order valence-corrected chi connectivity index (χ1v) is 4.41. The van der Waals surface area contributed by atoms with E-state index in [-0.39, 0.29) is 6.61 Å². The standard InChI is InChI=1S/C10H12N2O2/c13-7-10(14)12-5-2-8-1-4-11-9(8)3-6-12/h1-6,10-11,13-14H,7H2. The van der Waals surface area contributed by atoms with Gasteiger partial charge in [-0.25, -0.2) is 0 Å². The molecule has 0 aromatic carbocycles. The van der Waals surface area contributed by atoms with Crippen molar-refractivity contribution in [1.82, 2.24) is 9.88 Å². The average Bonchev–Trinajstić information content (AvgIpc) is 2.56. The monoisotopic (exact) mass is 192 g/mol. The number of aromatic amines is 1. The third-order valence-electron chi connectivity index (χ3n) is 2.16. The summed E-state index contributed by atoms with van der Waals surface area (Å²) in [6.45, 7) is -0.289. The Morgan fingerprint density at radius 1 is 1.36 bits per heavy atom. The molecule has 14 heavy (non-hydrogen) atoms. The maximum atomic E-state index is 9.39. The fourth-order valence-corrected chi connectivity index (χ4v) is 1.35. The van der Waals surface area contributed by atoms with Gasteiger partial charge in [-0.15, -0.1) is 0 Å². The molecule has 1 aromatic rings. The van der Waals surface area contributed by atoms with Gasteiger partial charge in [-0.1, -0.05) is 0 Å². The van der Waals surface area contributed by atoms with Crippen molar-refractivity contribution in [1.29, 1.82) is 0 Å². The first-order valence-electron chi connectivity index (χ1n) is 4.41. The highest BCUT2D eigenvalue weighted by molar-refractivity contribution is 5.64. The number of rotatable bonds is 2. The molecule has 0 bridgehead atoms. The lowest BCUT2D eigenvalue weighted by molar-refractivity contribution is 0.0160. The van der Waals surface area contributed by atoms with Crippen LogP contribution in [0.3, 0.4) is 0 Å². The molecule has 0 saturated heterocycles. The third-order valence-corrected chi connectivity index (χ3v) is 2.16. The Bertz CT molecular complexity index is 339. The van der Waals surface area contributed by atoms with E-state index >= 15 is 0 Å². The first-order chi connectivity index (χ1) is 6.81. The molecule has 2 heterocycles. The highest BCUT2D eigenvalue weighted by atomic mass is 16.3. The Hall–Kier alpha value is -1.52. The zero-order valence-electron chi connectivity index (χ0n) is 7.59. The van der Waals surface area contributed by atoms with Gasteiger partial charge in [0.15, 0.2) is 6.23 Å².